The smallest absolute Gasteiger partial charge is 0.158 e. The summed E-state index contributed by atoms with van der Waals surface area (Å²) in [5.74, 6) is 2.51. The number of halogens is 1. The molecule has 5 heteroatoms. The summed E-state index contributed by atoms with van der Waals surface area (Å²) in [6, 6.07) is 2.55. The lowest BCUT2D eigenvalue weighted by atomic mass is 10.3. The molecule has 0 aromatic carbocycles. The van der Waals surface area contributed by atoms with Gasteiger partial charge in [0.1, 0.15) is 17.6 Å². The summed E-state index contributed by atoms with van der Waals surface area (Å²) >= 11 is 6.12. The van der Waals surface area contributed by atoms with E-state index in [2.05, 4.69) is 14.9 Å². The second-order valence-electron chi connectivity index (χ2n) is 5.43. The Hall–Kier alpha value is -0.870. The molecule has 2 saturated carbocycles. The first kappa shape index (κ1) is 13.1. The summed E-state index contributed by atoms with van der Waals surface area (Å²) in [6.07, 6.45) is 5.26. The monoisotopic (exact) mass is 281 g/mol. The van der Waals surface area contributed by atoms with Gasteiger partial charge in [-0.25, -0.2) is 9.97 Å². The van der Waals surface area contributed by atoms with Crippen LogP contribution < -0.4 is 4.90 Å². The Bertz CT molecular complexity index is 446. The molecule has 1 aromatic rings. The summed E-state index contributed by atoms with van der Waals surface area (Å²) in [4.78, 5) is 11.3. The maximum absolute atomic E-state index is 6.12. The molecule has 4 nitrogen and oxygen atoms in total. The summed E-state index contributed by atoms with van der Waals surface area (Å²) in [5, 5.41) is 0.515. The van der Waals surface area contributed by atoms with E-state index in [1.807, 2.05) is 13.0 Å². The molecule has 2 fully saturated rings. The van der Waals surface area contributed by atoms with Crippen LogP contribution in [0.25, 0.3) is 0 Å². The maximum Gasteiger partial charge on any atom is 0.158 e. The average Bonchev–Trinajstić information content (AvgIpc) is 3.26. The van der Waals surface area contributed by atoms with Crippen molar-refractivity contribution >= 4 is 17.4 Å². The molecule has 2 aliphatic carbocycles. The summed E-state index contributed by atoms with van der Waals surface area (Å²) in [6.45, 7) is 4.19. The minimum atomic E-state index is 0.437. The Balaban J connectivity index is 1.77. The predicted octanol–water partition coefficient (Wildman–Crippen LogP) is 3.05. The van der Waals surface area contributed by atoms with E-state index in [-0.39, 0.29) is 0 Å². The van der Waals surface area contributed by atoms with Crippen molar-refractivity contribution in [2.24, 2.45) is 5.92 Å². The van der Waals surface area contributed by atoms with Crippen LogP contribution in [0, 0.1) is 5.92 Å². The molecule has 0 radical (unpaired) electrons. The Morgan fingerprint density at radius 2 is 2.11 bits per heavy atom. The van der Waals surface area contributed by atoms with Gasteiger partial charge in [0.05, 0.1) is 0 Å². The third-order valence-corrected chi connectivity index (χ3v) is 3.79. The Kier molecular flexibility index (Phi) is 3.89. The molecule has 0 saturated heterocycles. The molecule has 1 aromatic heterocycles. The minimum absolute atomic E-state index is 0.437. The van der Waals surface area contributed by atoms with Crippen LogP contribution in [0.15, 0.2) is 6.07 Å². The molecule has 0 bridgehead atoms. The van der Waals surface area contributed by atoms with Gasteiger partial charge in [0, 0.05) is 25.3 Å². The zero-order valence-corrected chi connectivity index (χ0v) is 12.1. The van der Waals surface area contributed by atoms with Gasteiger partial charge in [-0.05, 0) is 38.5 Å². The van der Waals surface area contributed by atoms with Crippen LogP contribution in [0.5, 0.6) is 0 Å². The highest BCUT2D eigenvalue weighted by Gasteiger charge is 2.34. The molecule has 0 amide bonds. The lowest BCUT2D eigenvalue weighted by Gasteiger charge is -2.24. The van der Waals surface area contributed by atoms with E-state index in [4.69, 9.17) is 16.3 Å². The predicted molar refractivity (Wildman–Crippen MR) is 75.5 cm³/mol. The van der Waals surface area contributed by atoms with Crippen molar-refractivity contribution < 1.29 is 4.74 Å². The highest BCUT2D eigenvalue weighted by atomic mass is 35.5. The van der Waals surface area contributed by atoms with Gasteiger partial charge >= 0.3 is 0 Å². The Labute approximate surface area is 119 Å². The van der Waals surface area contributed by atoms with Gasteiger partial charge in [0.25, 0.3) is 0 Å². The van der Waals surface area contributed by atoms with Crippen molar-refractivity contribution in [3.8, 4) is 0 Å². The number of hydrogen-bond donors (Lipinski definition) is 0. The van der Waals surface area contributed by atoms with E-state index < -0.39 is 0 Å². The van der Waals surface area contributed by atoms with E-state index >= 15 is 0 Å². The second-order valence-corrected chi connectivity index (χ2v) is 5.82. The molecule has 104 valence electrons. The number of rotatable bonds is 7. The largest absolute Gasteiger partial charge is 0.374 e. The molecule has 0 spiro atoms. The Morgan fingerprint density at radius 1 is 1.32 bits per heavy atom. The molecule has 3 rings (SSSR count). The first-order valence-electron chi connectivity index (χ1n) is 7.14. The standard InChI is InChI=1S/C14H20ClN3O/c1-2-19-9-13-16-12(15)7-14(17-13)18(11-5-6-11)8-10-3-4-10/h7,10-11H,2-6,8-9H2,1H3. The van der Waals surface area contributed by atoms with E-state index in [0.717, 1.165) is 18.3 Å². The van der Waals surface area contributed by atoms with Crippen LogP contribution in [0.2, 0.25) is 5.15 Å². The fourth-order valence-electron chi connectivity index (χ4n) is 2.25. The normalized spacial score (nSPS) is 18.6. The molecule has 0 atom stereocenters. The molecular formula is C14H20ClN3O. The molecule has 1 heterocycles. The maximum atomic E-state index is 6.12. The van der Waals surface area contributed by atoms with Crippen LogP contribution in [0.3, 0.4) is 0 Å². The highest BCUT2D eigenvalue weighted by molar-refractivity contribution is 6.29. The van der Waals surface area contributed by atoms with E-state index in [1.54, 1.807) is 0 Å². The fourth-order valence-corrected chi connectivity index (χ4v) is 2.45. The van der Waals surface area contributed by atoms with Crippen LogP contribution >= 0.6 is 11.6 Å². The number of ether oxygens (including phenoxy) is 1. The third kappa shape index (κ3) is 3.57. The Morgan fingerprint density at radius 3 is 2.74 bits per heavy atom. The topological polar surface area (TPSA) is 38.2 Å². The van der Waals surface area contributed by atoms with Gasteiger partial charge in [-0.2, -0.15) is 0 Å². The minimum Gasteiger partial charge on any atom is -0.374 e. The molecular weight excluding hydrogens is 262 g/mol. The van der Waals surface area contributed by atoms with Crippen molar-refractivity contribution in [3.63, 3.8) is 0 Å². The van der Waals surface area contributed by atoms with Crippen LogP contribution in [0.1, 0.15) is 38.4 Å². The van der Waals surface area contributed by atoms with Crippen molar-refractivity contribution in [1.29, 1.82) is 0 Å². The summed E-state index contributed by atoms with van der Waals surface area (Å²) in [7, 11) is 0. The highest BCUT2D eigenvalue weighted by Crippen LogP contribution is 2.37. The lowest BCUT2D eigenvalue weighted by Crippen LogP contribution is -2.29. The van der Waals surface area contributed by atoms with Gasteiger partial charge < -0.3 is 9.64 Å². The van der Waals surface area contributed by atoms with Crippen molar-refractivity contribution in [3.05, 3.63) is 17.0 Å². The van der Waals surface area contributed by atoms with E-state index in [0.29, 0.717) is 30.2 Å². The zero-order chi connectivity index (χ0) is 13.2. The van der Waals surface area contributed by atoms with Gasteiger partial charge in [-0.3, -0.25) is 0 Å². The van der Waals surface area contributed by atoms with Crippen molar-refractivity contribution in [2.45, 2.75) is 45.3 Å². The number of anilines is 1. The van der Waals surface area contributed by atoms with Crippen LogP contribution in [0.4, 0.5) is 5.82 Å². The first-order chi connectivity index (χ1) is 9.26. The van der Waals surface area contributed by atoms with E-state index in [9.17, 15) is 0 Å². The summed E-state index contributed by atoms with van der Waals surface area (Å²) < 4.78 is 5.38. The van der Waals surface area contributed by atoms with Crippen LogP contribution in [-0.4, -0.2) is 29.2 Å². The fraction of sp³-hybridized carbons (Fsp3) is 0.714. The molecule has 0 N–H and O–H groups in total. The average molecular weight is 282 g/mol. The number of hydrogen-bond acceptors (Lipinski definition) is 4. The zero-order valence-electron chi connectivity index (χ0n) is 11.3. The first-order valence-corrected chi connectivity index (χ1v) is 7.52. The van der Waals surface area contributed by atoms with Gasteiger partial charge in [0.2, 0.25) is 0 Å². The van der Waals surface area contributed by atoms with Gasteiger partial charge in [-0.1, -0.05) is 11.6 Å². The molecule has 19 heavy (non-hydrogen) atoms. The molecule has 0 aliphatic heterocycles. The van der Waals surface area contributed by atoms with Gasteiger partial charge in [-0.15, -0.1) is 0 Å². The quantitative estimate of drug-likeness (QED) is 0.720. The lowest BCUT2D eigenvalue weighted by molar-refractivity contribution is 0.128. The van der Waals surface area contributed by atoms with Crippen LogP contribution in [-0.2, 0) is 11.3 Å². The van der Waals surface area contributed by atoms with E-state index in [1.165, 1.54) is 25.7 Å². The summed E-state index contributed by atoms with van der Waals surface area (Å²) in [5.41, 5.74) is 0. The van der Waals surface area contributed by atoms with Crippen molar-refractivity contribution in [2.75, 3.05) is 18.1 Å². The van der Waals surface area contributed by atoms with Gasteiger partial charge in [0.15, 0.2) is 5.82 Å². The second kappa shape index (κ2) is 5.63. The third-order valence-electron chi connectivity index (χ3n) is 3.60. The molecule has 0 unspecified atom stereocenters. The number of aromatic nitrogens is 2. The SMILES string of the molecule is CCOCc1nc(Cl)cc(N(CC2CC2)C2CC2)n1. The van der Waals surface area contributed by atoms with Crippen molar-refractivity contribution in [1.82, 2.24) is 9.97 Å². The number of nitrogens with zero attached hydrogens (tertiary/aromatic N) is 3. The molecule has 2 aliphatic rings.